The summed E-state index contributed by atoms with van der Waals surface area (Å²) in [5, 5.41) is 2.70. The molecule has 0 atom stereocenters. The van der Waals surface area contributed by atoms with Crippen molar-refractivity contribution in [2.75, 3.05) is 13.2 Å². The summed E-state index contributed by atoms with van der Waals surface area (Å²) in [5.74, 6) is 0.619. The van der Waals surface area contributed by atoms with Gasteiger partial charge in [0.1, 0.15) is 19.0 Å². The Hall–Kier alpha value is -3.94. The Labute approximate surface area is 184 Å². The van der Waals surface area contributed by atoms with Gasteiger partial charge in [0.25, 0.3) is 0 Å². The van der Waals surface area contributed by atoms with Crippen molar-refractivity contribution in [1.82, 2.24) is 10.3 Å². The van der Waals surface area contributed by atoms with Gasteiger partial charge in [0.05, 0.1) is 6.20 Å². The maximum atomic E-state index is 14.3. The van der Waals surface area contributed by atoms with Crippen LogP contribution in [0.4, 0.5) is 4.39 Å². The third kappa shape index (κ3) is 5.40. The first-order valence-corrected chi connectivity index (χ1v) is 10.1. The maximum absolute atomic E-state index is 14.3. The number of amides is 1. The number of carbonyl (C=O) groups excluding carboxylic acids is 2. The van der Waals surface area contributed by atoms with E-state index in [0.717, 1.165) is 0 Å². The molecule has 0 saturated heterocycles. The number of nitrogens with zero attached hydrogens (tertiary/aromatic N) is 1. The number of pyridine rings is 1. The van der Waals surface area contributed by atoms with Crippen molar-refractivity contribution in [3.8, 4) is 23.0 Å². The fraction of sp³-hybridized carbons (Fsp3) is 0.208. The summed E-state index contributed by atoms with van der Waals surface area (Å²) < 4.78 is 30.7. The van der Waals surface area contributed by atoms with Crippen LogP contribution >= 0.6 is 0 Å². The lowest BCUT2D eigenvalue weighted by molar-refractivity contribution is -0.121. The van der Waals surface area contributed by atoms with Crippen LogP contribution < -0.4 is 19.5 Å². The van der Waals surface area contributed by atoms with Gasteiger partial charge in [-0.25, -0.2) is 4.39 Å². The van der Waals surface area contributed by atoms with Crippen LogP contribution in [0, 0.1) is 5.82 Å². The zero-order valence-electron chi connectivity index (χ0n) is 17.2. The van der Waals surface area contributed by atoms with Crippen molar-refractivity contribution in [1.29, 1.82) is 0 Å². The molecule has 164 valence electrons. The average molecular weight is 436 g/mol. The highest BCUT2D eigenvalue weighted by molar-refractivity contribution is 5.98. The third-order valence-corrected chi connectivity index (χ3v) is 4.79. The smallest absolute Gasteiger partial charge is 0.220 e. The fourth-order valence-electron chi connectivity index (χ4n) is 3.15. The van der Waals surface area contributed by atoms with Crippen LogP contribution in [0.5, 0.6) is 23.0 Å². The lowest BCUT2D eigenvalue weighted by Gasteiger charge is -2.18. The van der Waals surface area contributed by atoms with Crippen LogP contribution in [0.25, 0.3) is 0 Å². The largest absolute Gasteiger partial charge is 0.486 e. The number of hydrogen-bond acceptors (Lipinski definition) is 6. The van der Waals surface area contributed by atoms with Gasteiger partial charge in [-0.15, -0.1) is 0 Å². The minimum atomic E-state index is -0.547. The van der Waals surface area contributed by atoms with Gasteiger partial charge in [0, 0.05) is 31.1 Å². The molecule has 0 radical (unpaired) electrons. The standard InChI is InChI=1S/C24H21FN2O5/c25-19-12-16(3-6-21(19)32-18-2-1-9-26-15-18)14-27-24(29)8-5-20(28)17-4-7-22-23(13-17)31-11-10-30-22/h1-4,6-7,9,12-13,15H,5,8,10-11,14H2,(H,27,29). The fourth-order valence-corrected chi connectivity index (χ4v) is 3.15. The van der Waals surface area contributed by atoms with E-state index in [4.69, 9.17) is 14.2 Å². The summed E-state index contributed by atoms with van der Waals surface area (Å²) >= 11 is 0. The van der Waals surface area contributed by atoms with E-state index in [1.165, 1.54) is 18.3 Å². The topological polar surface area (TPSA) is 86.8 Å². The summed E-state index contributed by atoms with van der Waals surface area (Å²) in [7, 11) is 0. The van der Waals surface area contributed by atoms with Crippen molar-refractivity contribution in [3.63, 3.8) is 0 Å². The number of aromatic nitrogens is 1. The molecule has 0 saturated carbocycles. The van der Waals surface area contributed by atoms with Crippen LogP contribution in [0.2, 0.25) is 0 Å². The minimum absolute atomic E-state index is 0.0258. The van der Waals surface area contributed by atoms with E-state index < -0.39 is 5.82 Å². The Kier molecular flexibility index (Phi) is 6.60. The molecule has 0 bridgehead atoms. The van der Waals surface area contributed by atoms with Gasteiger partial charge in [0.15, 0.2) is 28.8 Å². The lowest BCUT2D eigenvalue weighted by Crippen LogP contribution is -2.23. The second-order valence-corrected chi connectivity index (χ2v) is 7.11. The van der Waals surface area contributed by atoms with Crippen LogP contribution in [0.15, 0.2) is 60.9 Å². The van der Waals surface area contributed by atoms with Gasteiger partial charge in [-0.05, 0) is 48.0 Å². The lowest BCUT2D eigenvalue weighted by atomic mass is 10.1. The number of fused-ring (bicyclic) bond motifs is 1. The zero-order chi connectivity index (χ0) is 22.3. The number of rotatable bonds is 8. The van der Waals surface area contributed by atoms with E-state index in [-0.39, 0.29) is 36.8 Å². The quantitative estimate of drug-likeness (QED) is 0.536. The SMILES string of the molecule is O=C(CCC(=O)c1ccc2c(c1)OCCO2)NCc1ccc(Oc2cccnc2)c(F)c1. The number of ketones is 1. The second kappa shape index (κ2) is 9.91. The van der Waals surface area contributed by atoms with Gasteiger partial charge in [-0.1, -0.05) is 6.07 Å². The highest BCUT2D eigenvalue weighted by Gasteiger charge is 2.16. The Morgan fingerprint density at radius 3 is 2.66 bits per heavy atom. The number of Topliss-reactive ketones (excluding diaryl/α,β-unsaturated/α-hetero) is 1. The van der Waals surface area contributed by atoms with Gasteiger partial charge < -0.3 is 19.5 Å². The Morgan fingerprint density at radius 1 is 1.03 bits per heavy atom. The molecule has 1 amide bonds. The number of ether oxygens (including phenoxy) is 3. The Morgan fingerprint density at radius 2 is 1.88 bits per heavy atom. The molecule has 1 aliphatic heterocycles. The van der Waals surface area contributed by atoms with Crippen LogP contribution in [-0.4, -0.2) is 29.9 Å². The molecular formula is C24H21FN2O5. The molecule has 8 heteroatoms. The zero-order valence-corrected chi connectivity index (χ0v) is 17.2. The summed E-state index contributed by atoms with van der Waals surface area (Å²) in [6.45, 7) is 1.05. The van der Waals surface area contributed by atoms with E-state index in [2.05, 4.69) is 10.3 Å². The van der Waals surface area contributed by atoms with Gasteiger partial charge in [0.2, 0.25) is 5.91 Å². The summed E-state index contributed by atoms with van der Waals surface area (Å²) in [4.78, 5) is 28.5. The predicted octanol–water partition coefficient (Wildman–Crippen LogP) is 4.06. The number of halogens is 1. The van der Waals surface area contributed by atoms with Crippen molar-refractivity contribution in [2.45, 2.75) is 19.4 Å². The van der Waals surface area contributed by atoms with Crippen LogP contribution in [0.3, 0.4) is 0 Å². The minimum Gasteiger partial charge on any atom is -0.486 e. The summed E-state index contributed by atoms with van der Waals surface area (Å²) in [6, 6.07) is 12.8. The molecule has 2 aromatic carbocycles. The molecular weight excluding hydrogens is 415 g/mol. The van der Waals surface area contributed by atoms with Crippen LogP contribution in [0.1, 0.15) is 28.8 Å². The molecule has 0 fully saturated rings. The molecule has 1 aromatic heterocycles. The first-order valence-electron chi connectivity index (χ1n) is 10.1. The molecule has 0 unspecified atom stereocenters. The predicted molar refractivity (Wildman–Crippen MR) is 114 cm³/mol. The third-order valence-electron chi connectivity index (χ3n) is 4.79. The van der Waals surface area contributed by atoms with E-state index >= 15 is 0 Å². The normalized spacial score (nSPS) is 12.2. The van der Waals surface area contributed by atoms with Gasteiger partial charge in [-0.2, -0.15) is 0 Å². The number of hydrogen-bond donors (Lipinski definition) is 1. The highest BCUT2D eigenvalue weighted by atomic mass is 19.1. The second-order valence-electron chi connectivity index (χ2n) is 7.11. The molecule has 3 aromatic rings. The van der Waals surface area contributed by atoms with E-state index in [9.17, 15) is 14.0 Å². The Bertz CT molecular complexity index is 1120. The molecule has 32 heavy (non-hydrogen) atoms. The first-order chi connectivity index (χ1) is 15.6. The van der Waals surface area contributed by atoms with E-state index in [1.807, 2.05) is 0 Å². The summed E-state index contributed by atoms with van der Waals surface area (Å²) in [5.41, 5.74) is 1.04. The van der Waals surface area contributed by atoms with Gasteiger partial charge in [-0.3, -0.25) is 14.6 Å². The first kappa shape index (κ1) is 21.3. The van der Waals surface area contributed by atoms with E-state index in [1.54, 1.807) is 42.6 Å². The maximum Gasteiger partial charge on any atom is 0.220 e. The molecule has 2 heterocycles. The number of benzene rings is 2. The van der Waals surface area contributed by atoms with Crippen molar-refractivity contribution >= 4 is 11.7 Å². The monoisotopic (exact) mass is 436 g/mol. The molecule has 1 aliphatic rings. The molecule has 0 spiro atoms. The number of carbonyl (C=O) groups is 2. The highest BCUT2D eigenvalue weighted by Crippen LogP contribution is 2.31. The number of nitrogens with one attached hydrogen (secondary N) is 1. The molecule has 0 aliphatic carbocycles. The van der Waals surface area contributed by atoms with Crippen LogP contribution in [-0.2, 0) is 11.3 Å². The van der Waals surface area contributed by atoms with Gasteiger partial charge >= 0.3 is 0 Å². The molecule has 7 nitrogen and oxygen atoms in total. The van der Waals surface area contributed by atoms with Crippen molar-refractivity contribution < 1.29 is 28.2 Å². The van der Waals surface area contributed by atoms with E-state index in [0.29, 0.717) is 41.6 Å². The summed E-state index contributed by atoms with van der Waals surface area (Å²) in [6.07, 6.45) is 3.16. The van der Waals surface area contributed by atoms with Crippen molar-refractivity contribution in [2.24, 2.45) is 0 Å². The molecule has 1 N–H and O–H groups in total. The van der Waals surface area contributed by atoms with Crippen molar-refractivity contribution in [3.05, 3.63) is 77.9 Å². The Balaban J connectivity index is 1.26. The molecule has 4 rings (SSSR count). The average Bonchev–Trinajstić information content (AvgIpc) is 2.83.